The van der Waals surface area contributed by atoms with Gasteiger partial charge in [-0.2, -0.15) is 5.26 Å². The highest BCUT2D eigenvalue weighted by Gasteiger charge is 2.35. The highest BCUT2D eigenvalue weighted by atomic mass is 14.4. The van der Waals surface area contributed by atoms with E-state index in [0.29, 0.717) is 5.92 Å². The fourth-order valence-corrected chi connectivity index (χ4v) is 4.01. The molecule has 0 saturated heterocycles. The molecule has 1 saturated carbocycles. The first-order valence-corrected chi connectivity index (χ1v) is 9.67. The Morgan fingerprint density at radius 2 is 1.65 bits per heavy atom. The average Bonchev–Trinajstić information content (AvgIpc) is 2.62. The molecule has 1 aliphatic rings. The third kappa shape index (κ3) is 5.69. The van der Waals surface area contributed by atoms with Crippen molar-refractivity contribution in [1.82, 2.24) is 0 Å². The zero-order chi connectivity index (χ0) is 16.4. The standard InChI is InChI=1S/C22H32N/c1-2-3-4-5-6-7-11-16-22(19-23)17-14-21(15-18-22)20-12-9-8-10-13-20/h9-10,12-13,21H,2-7,11,14-18H2,1H3. The van der Waals surface area contributed by atoms with Crippen molar-refractivity contribution in [2.75, 3.05) is 0 Å². The maximum Gasteiger partial charge on any atom is 0.0689 e. The molecule has 1 aromatic carbocycles. The van der Waals surface area contributed by atoms with Gasteiger partial charge in [0.1, 0.15) is 0 Å². The molecule has 1 radical (unpaired) electrons. The van der Waals surface area contributed by atoms with Gasteiger partial charge in [-0.3, -0.25) is 0 Å². The van der Waals surface area contributed by atoms with Crippen LogP contribution in [-0.2, 0) is 0 Å². The largest absolute Gasteiger partial charge is 0.198 e. The Kier molecular flexibility index (Phi) is 7.66. The summed E-state index contributed by atoms with van der Waals surface area (Å²) >= 11 is 0. The van der Waals surface area contributed by atoms with E-state index in [2.05, 4.69) is 31.2 Å². The molecule has 125 valence electrons. The fraction of sp³-hybridized carbons (Fsp3) is 0.682. The normalized spacial score (nSPS) is 24.3. The lowest BCUT2D eigenvalue weighted by atomic mass is 9.67. The molecule has 1 heteroatoms. The molecule has 0 spiro atoms. The van der Waals surface area contributed by atoms with E-state index < -0.39 is 0 Å². The number of nitrogens with zero attached hydrogens (tertiary/aromatic N) is 1. The Morgan fingerprint density at radius 1 is 1.04 bits per heavy atom. The molecule has 0 atom stereocenters. The van der Waals surface area contributed by atoms with Crippen LogP contribution in [0.1, 0.15) is 95.5 Å². The van der Waals surface area contributed by atoms with Crippen molar-refractivity contribution >= 4 is 0 Å². The summed E-state index contributed by atoms with van der Waals surface area (Å²) in [6.45, 7) is 2.26. The van der Waals surface area contributed by atoms with Crippen LogP contribution in [0.15, 0.2) is 24.3 Å². The first-order chi connectivity index (χ1) is 11.3. The Labute approximate surface area is 143 Å². The second kappa shape index (κ2) is 9.76. The summed E-state index contributed by atoms with van der Waals surface area (Å²) in [6.07, 6.45) is 15.0. The van der Waals surface area contributed by atoms with Crippen LogP contribution in [0.4, 0.5) is 0 Å². The van der Waals surface area contributed by atoms with E-state index in [4.69, 9.17) is 0 Å². The van der Waals surface area contributed by atoms with E-state index in [1.54, 1.807) is 0 Å². The number of nitriles is 1. The van der Waals surface area contributed by atoms with E-state index in [1.165, 1.54) is 63.4 Å². The Morgan fingerprint density at radius 3 is 2.26 bits per heavy atom. The molecule has 1 aliphatic carbocycles. The molecular weight excluding hydrogens is 278 g/mol. The maximum absolute atomic E-state index is 9.72. The Bertz CT molecular complexity index is 462. The van der Waals surface area contributed by atoms with Crippen molar-refractivity contribution in [1.29, 1.82) is 5.26 Å². The molecule has 23 heavy (non-hydrogen) atoms. The van der Waals surface area contributed by atoms with Crippen LogP contribution in [0.5, 0.6) is 0 Å². The highest BCUT2D eigenvalue weighted by molar-refractivity contribution is 5.20. The maximum atomic E-state index is 9.72. The van der Waals surface area contributed by atoms with Gasteiger partial charge < -0.3 is 0 Å². The van der Waals surface area contributed by atoms with Gasteiger partial charge in [-0.25, -0.2) is 0 Å². The van der Waals surface area contributed by atoms with Gasteiger partial charge in [-0.15, -0.1) is 0 Å². The zero-order valence-corrected chi connectivity index (χ0v) is 14.8. The predicted octanol–water partition coefficient (Wildman–Crippen LogP) is 6.80. The summed E-state index contributed by atoms with van der Waals surface area (Å²) in [4.78, 5) is 0. The van der Waals surface area contributed by atoms with Gasteiger partial charge in [-0.1, -0.05) is 76.1 Å². The molecular formula is C22H32N. The summed E-state index contributed by atoms with van der Waals surface area (Å²) in [7, 11) is 0. The van der Waals surface area contributed by atoms with Gasteiger partial charge in [0.25, 0.3) is 0 Å². The molecule has 1 aromatic rings. The Hall–Kier alpha value is -1.29. The van der Waals surface area contributed by atoms with Crippen molar-refractivity contribution < 1.29 is 0 Å². The van der Waals surface area contributed by atoms with Gasteiger partial charge in [0.2, 0.25) is 0 Å². The quantitative estimate of drug-likeness (QED) is 0.460. The van der Waals surface area contributed by atoms with Crippen molar-refractivity contribution in [3.63, 3.8) is 0 Å². The van der Waals surface area contributed by atoms with E-state index in [-0.39, 0.29) is 5.41 Å². The second-order valence-electron chi connectivity index (χ2n) is 7.37. The van der Waals surface area contributed by atoms with Crippen LogP contribution in [0, 0.1) is 22.8 Å². The number of rotatable bonds is 9. The monoisotopic (exact) mass is 310 g/mol. The fourth-order valence-electron chi connectivity index (χ4n) is 4.01. The SMILES string of the molecule is CCCCCCCCCC1(C#N)CCC(c2cc[c]cc2)CC1. The van der Waals surface area contributed by atoms with Crippen LogP contribution in [0.2, 0.25) is 0 Å². The van der Waals surface area contributed by atoms with E-state index >= 15 is 0 Å². The molecule has 0 aromatic heterocycles. The summed E-state index contributed by atoms with van der Waals surface area (Å²) in [6, 6.07) is 14.2. The lowest BCUT2D eigenvalue weighted by Gasteiger charge is -2.35. The average molecular weight is 311 g/mol. The summed E-state index contributed by atoms with van der Waals surface area (Å²) in [5, 5.41) is 9.72. The van der Waals surface area contributed by atoms with Gasteiger partial charge in [0.15, 0.2) is 0 Å². The summed E-state index contributed by atoms with van der Waals surface area (Å²) in [5.41, 5.74) is 1.41. The topological polar surface area (TPSA) is 23.8 Å². The first kappa shape index (κ1) is 18.1. The van der Waals surface area contributed by atoms with Crippen LogP contribution in [0.25, 0.3) is 0 Å². The summed E-state index contributed by atoms with van der Waals surface area (Å²) < 4.78 is 0. The predicted molar refractivity (Wildman–Crippen MR) is 97.1 cm³/mol. The molecule has 0 aliphatic heterocycles. The van der Waals surface area contributed by atoms with Crippen LogP contribution in [0.3, 0.4) is 0 Å². The lowest BCUT2D eigenvalue weighted by Crippen LogP contribution is -2.25. The van der Waals surface area contributed by atoms with Gasteiger partial charge in [-0.05, 0) is 49.7 Å². The lowest BCUT2D eigenvalue weighted by molar-refractivity contribution is 0.222. The molecule has 0 amide bonds. The number of benzene rings is 1. The molecule has 0 bridgehead atoms. The van der Waals surface area contributed by atoms with Gasteiger partial charge in [0, 0.05) is 0 Å². The number of hydrogen-bond donors (Lipinski definition) is 0. The minimum atomic E-state index is -0.0270. The third-order valence-corrected chi connectivity index (χ3v) is 5.65. The molecule has 0 heterocycles. The molecule has 0 N–H and O–H groups in total. The summed E-state index contributed by atoms with van der Waals surface area (Å²) in [5.74, 6) is 0.653. The van der Waals surface area contributed by atoms with Crippen LogP contribution in [-0.4, -0.2) is 0 Å². The van der Waals surface area contributed by atoms with E-state index in [0.717, 1.165) is 19.3 Å². The van der Waals surface area contributed by atoms with Crippen LogP contribution >= 0.6 is 0 Å². The molecule has 2 rings (SSSR count). The van der Waals surface area contributed by atoms with Crippen molar-refractivity contribution in [2.24, 2.45) is 5.41 Å². The molecule has 0 unspecified atom stereocenters. The highest BCUT2D eigenvalue weighted by Crippen LogP contribution is 2.45. The number of unbranched alkanes of at least 4 members (excludes halogenated alkanes) is 6. The number of hydrogen-bond acceptors (Lipinski definition) is 1. The molecule has 1 fully saturated rings. The minimum Gasteiger partial charge on any atom is -0.198 e. The Balaban J connectivity index is 1.70. The van der Waals surface area contributed by atoms with Crippen molar-refractivity contribution in [3.8, 4) is 6.07 Å². The smallest absolute Gasteiger partial charge is 0.0689 e. The second-order valence-corrected chi connectivity index (χ2v) is 7.37. The van der Waals surface area contributed by atoms with E-state index in [9.17, 15) is 5.26 Å². The third-order valence-electron chi connectivity index (χ3n) is 5.65. The van der Waals surface area contributed by atoms with Gasteiger partial charge >= 0.3 is 0 Å². The van der Waals surface area contributed by atoms with E-state index in [1.807, 2.05) is 12.1 Å². The van der Waals surface area contributed by atoms with Crippen molar-refractivity contribution in [3.05, 3.63) is 35.9 Å². The molecule has 1 nitrogen and oxygen atoms in total. The van der Waals surface area contributed by atoms with Crippen molar-refractivity contribution in [2.45, 2.75) is 89.9 Å². The first-order valence-electron chi connectivity index (χ1n) is 9.67. The van der Waals surface area contributed by atoms with Gasteiger partial charge in [0.05, 0.1) is 11.5 Å². The zero-order valence-electron chi connectivity index (χ0n) is 14.8. The minimum absolute atomic E-state index is 0.0270. The van der Waals surface area contributed by atoms with Crippen LogP contribution < -0.4 is 0 Å².